The largest absolute Gasteiger partial charge is 0.394 e. The number of carbonyl (C=O) groups is 1. The molecule has 0 rings (SSSR count). The first-order valence-corrected chi connectivity index (χ1v) is 22.1. The van der Waals surface area contributed by atoms with Gasteiger partial charge < -0.3 is 15.5 Å². The highest BCUT2D eigenvalue weighted by molar-refractivity contribution is 5.76. The fourth-order valence-corrected chi connectivity index (χ4v) is 6.78. The summed E-state index contributed by atoms with van der Waals surface area (Å²) in [6.45, 7) is 4.30. The third-order valence-corrected chi connectivity index (χ3v) is 10.2. The molecule has 0 heterocycles. The Morgan fingerprint density at radius 2 is 0.796 bits per heavy atom. The summed E-state index contributed by atoms with van der Waals surface area (Å²) in [5.74, 6) is -0.0707. The first-order valence-electron chi connectivity index (χ1n) is 22.1. The summed E-state index contributed by atoms with van der Waals surface area (Å²) in [4.78, 5) is 12.4. The molecule has 0 aromatic carbocycles. The highest BCUT2D eigenvalue weighted by Crippen LogP contribution is 2.16. The standard InChI is InChI=1S/C45H87NO3/c1-3-5-7-9-11-13-15-17-18-19-20-21-22-23-24-25-26-27-29-31-33-35-37-39-41-45(49)46-43(42-47)44(48)40-38-36-34-32-30-28-16-14-12-10-8-6-4-2/h30,32,38,40,43-44,47-48H,3-29,31,33-37,39,41-42H2,1-2H3,(H,46,49)/b32-30+,40-38+. The van der Waals surface area contributed by atoms with E-state index >= 15 is 0 Å². The van der Waals surface area contributed by atoms with E-state index in [1.165, 1.54) is 186 Å². The van der Waals surface area contributed by atoms with Crippen molar-refractivity contribution >= 4 is 5.91 Å². The Kier molecular flexibility index (Phi) is 40.3. The number of nitrogens with one attached hydrogen (secondary N) is 1. The molecule has 0 saturated heterocycles. The molecule has 1 amide bonds. The lowest BCUT2D eigenvalue weighted by molar-refractivity contribution is -0.123. The summed E-state index contributed by atoms with van der Waals surface area (Å²) in [6, 6.07) is -0.633. The molecular weight excluding hydrogens is 602 g/mol. The first kappa shape index (κ1) is 47.9. The second kappa shape index (κ2) is 41.3. The van der Waals surface area contributed by atoms with Crippen LogP contribution in [0.1, 0.15) is 239 Å². The Morgan fingerprint density at radius 1 is 0.469 bits per heavy atom. The molecule has 290 valence electrons. The topological polar surface area (TPSA) is 69.6 Å². The van der Waals surface area contributed by atoms with Crippen molar-refractivity contribution in [2.75, 3.05) is 6.61 Å². The summed E-state index contributed by atoms with van der Waals surface area (Å²) in [5, 5.41) is 22.9. The van der Waals surface area contributed by atoms with E-state index in [0.29, 0.717) is 6.42 Å². The van der Waals surface area contributed by atoms with Crippen molar-refractivity contribution in [2.45, 2.75) is 251 Å². The highest BCUT2D eigenvalue weighted by atomic mass is 16.3. The second-order valence-electron chi connectivity index (χ2n) is 15.1. The van der Waals surface area contributed by atoms with Gasteiger partial charge in [-0.15, -0.1) is 0 Å². The Bertz CT molecular complexity index is 705. The zero-order valence-electron chi connectivity index (χ0n) is 33.2. The summed E-state index contributed by atoms with van der Waals surface area (Å²) in [5.41, 5.74) is 0. The lowest BCUT2D eigenvalue weighted by Gasteiger charge is -2.19. The molecule has 2 unspecified atom stereocenters. The molecule has 49 heavy (non-hydrogen) atoms. The minimum Gasteiger partial charge on any atom is -0.394 e. The zero-order valence-corrected chi connectivity index (χ0v) is 33.2. The number of hydrogen-bond donors (Lipinski definition) is 3. The maximum absolute atomic E-state index is 12.4. The van der Waals surface area contributed by atoms with Crippen LogP contribution < -0.4 is 5.32 Å². The van der Waals surface area contributed by atoms with Crippen molar-refractivity contribution < 1.29 is 15.0 Å². The van der Waals surface area contributed by atoms with Crippen LogP contribution in [-0.4, -0.2) is 34.9 Å². The Morgan fingerprint density at radius 3 is 1.18 bits per heavy atom. The number of amides is 1. The predicted molar refractivity (Wildman–Crippen MR) is 216 cm³/mol. The van der Waals surface area contributed by atoms with Crippen molar-refractivity contribution in [2.24, 2.45) is 0 Å². The van der Waals surface area contributed by atoms with Crippen LogP contribution in [-0.2, 0) is 4.79 Å². The summed E-state index contributed by atoms with van der Waals surface area (Å²) >= 11 is 0. The molecule has 0 aliphatic rings. The molecule has 0 aromatic rings. The molecule has 0 bridgehead atoms. The van der Waals surface area contributed by atoms with E-state index in [0.717, 1.165) is 32.1 Å². The van der Waals surface area contributed by atoms with E-state index in [-0.39, 0.29) is 12.5 Å². The van der Waals surface area contributed by atoms with Gasteiger partial charge in [0.2, 0.25) is 5.91 Å². The molecule has 0 spiro atoms. The number of aliphatic hydroxyl groups is 2. The molecule has 0 aliphatic carbocycles. The molecule has 4 nitrogen and oxygen atoms in total. The van der Waals surface area contributed by atoms with Gasteiger partial charge in [0, 0.05) is 6.42 Å². The maximum Gasteiger partial charge on any atom is 0.220 e. The van der Waals surface area contributed by atoms with Gasteiger partial charge in [-0.1, -0.05) is 224 Å². The van der Waals surface area contributed by atoms with Crippen LogP contribution in [0.25, 0.3) is 0 Å². The van der Waals surface area contributed by atoms with Crippen molar-refractivity contribution in [1.82, 2.24) is 5.32 Å². The number of rotatable bonds is 40. The lowest BCUT2D eigenvalue weighted by Crippen LogP contribution is -2.45. The van der Waals surface area contributed by atoms with Gasteiger partial charge in [0.1, 0.15) is 0 Å². The fraction of sp³-hybridized carbons (Fsp3) is 0.889. The maximum atomic E-state index is 12.4. The summed E-state index contributed by atoms with van der Waals surface area (Å²) in [7, 11) is 0. The van der Waals surface area contributed by atoms with Crippen LogP contribution in [0.3, 0.4) is 0 Å². The highest BCUT2D eigenvalue weighted by Gasteiger charge is 2.17. The van der Waals surface area contributed by atoms with Crippen molar-refractivity contribution in [3.63, 3.8) is 0 Å². The van der Waals surface area contributed by atoms with Crippen LogP contribution in [0.5, 0.6) is 0 Å². The molecule has 0 fully saturated rings. The SMILES string of the molecule is CCCCCCCCC/C=C/CC/C=C/C(O)C(CO)NC(=O)CCCCCCCCCCCCCCCCCCCCCCCCCC. The van der Waals surface area contributed by atoms with Gasteiger partial charge in [-0.2, -0.15) is 0 Å². The van der Waals surface area contributed by atoms with E-state index in [2.05, 4.69) is 31.3 Å². The average molecular weight is 690 g/mol. The third kappa shape index (κ3) is 37.9. The second-order valence-corrected chi connectivity index (χ2v) is 15.1. The van der Waals surface area contributed by atoms with Gasteiger partial charge in [-0.3, -0.25) is 4.79 Å². The first-order chi connectivity index (χ1) is 24.2. The van der Waals surface area contributed by atoms with Gasteiger partial charge in [-0.25, -0.2) is 0 Å². The van der Waals surface area contributed by atoms with E-state index in [9.17, 15) is 15.0 Å². The van der Waals surface area contributed by atoms with Crippen LogP contribution in [0.2, 0.25) is 0 Å². The van der Waals surface area contributed by atoms with Gasteiger partial charge in [0.05, 0.1) is 18.8 Å². The van der Waals surface area contributed by atoms with E-state index in [1.54, 1.807) is 6.08 Å². The summed E-state index contributed by atoms with van der Waals surface area (Å²) < 4.78 is 0. The lowest BCUT2D eigenvalue weighted by atomic mass is 10.0. The number of aliphatic hydroxyl groups excluding tert-OH is 2. The predicted octanol–water partition coefficient (Wildman–Crippen LogP) is 13.6. The number of allylic oxidation sites excluding steroid dienone is 3. The molecule has 0 aromatic heterocycles. The fourth-order valence-electron chi connectivity index (χ4n) is 6.78. The monoisotopic (exact) mass is 690 g/mol. The van der Waals surface area contributed by atoms with E-state index in [1.807, 2.05) is 6.08 Å². The zero-order chi connectivity index (χ0) is 35.7. The summed E-state index contributed by atoms with van der Waals surface area (Å²) in [6.07, 6.45) is 52.9. The van der Waals surface area contributed by atoms with E-state index < -0.39 is 12.1 Å². The minimum absolute atomic E-state index is 0.0707. The Balaban J connectivity index is 3.51. The number of hydrogen-bond acceptors (Lipinski definition) is 3. The quantitative estimate of drug-likeness (QED) is 0.0443. The smallest absolute Gasteiger partial charge is 0.220 e. The molecular formula is C45H87NO3. The molecule has 0 radical (unpaired) electrons. The number of unbranched alkanes of at least 4 members (excludes halogenated alkanes) is 31. The normalized spacial score (nSPS) is 13.1. The van der Waals surface area contributed by atoms with Gasteiger partial charge >= 0.3 is 0 Å². The van der Waals surface area contributed by atoms with E-state index in [4.69, 9.17) is 0 Å². The van der Waals surface area contributed by atoms with Crippen LogP contribution in [0, 0.1) is 0 Å². The van der Waals surface area contributed by atoms with Crippen molar-refractivity contribution in [3.8, 4) is 0 Å². The molecule has 3 N–H and O–H groups in total. The Hall–Kier alpha value is -1.13. The average Bonchev–Trinajstić information content (AvgIpc) is 3.10. The minimum atomic E-state index is -0.857. The van der Waals surface area contributed by atoms with Gasteiger partial charge in [0.15, 0.2) is 0 Å². The molecule has 0 aliphatic heterocycles. The van der Waals surface area contributed by atoms with Crippen LogP contribution in [0.15, 0.2) is 24.3 Å². The third-order valence-electron chi connectivity index (χ3n) is 10.2. The van der Waals surface area contributed by atoms with Crippen LogP contribution >= 0.6 is 0 Å². The van der Waals surface area contributed by atoms with Crippen molar-refractivity contribution in [3.05, 3.63) is 24.3 Å². The molecule has 4 heteroatoms. The number of carbonyl (C=O) groups excluding carboxylic acids is 1. The Labute approximate surface area is 307 Å². The molecule has 2 atom stereocenters. The van der Waals surface area contributed by atoms with Crippen molar-refractivity contribution in [1.29, 1.82) is 0 Å². The van der Waals surface area contributed by atoms with Gasteiger partial charge in [-0.05, 0) is 32.1 Å². The van der Waals surface area contributed by atoms with Crippen LogP contribution in [0.4, 0.5) is 0 Å². The van der Waals surface area contributed by atoms with Gasteiger partial charge in [0.25, 0.3) is 0 Å². The molecule has 0 saturated carbocycles.